The molecule has 0 fully saturated rings. The van der Waals surface area contributed by atoms with Crippen molar-refractivity contribution in [1.82, 2.24) is 0 Å². The summed E-state index contributed by atoms with van der Waals surface area (Å²) < 4.78 is 15.5. The predicted octanol–water partition coefficient (Wildman–Crippen LogP) is -2.25. The van der Waals surface area contributed by atoms with Crippen LogP contribution in [0.3, 0.4) is 0 Å². The second-order valence-corrected chi connectivity index (χ2v) is 0. The third-order valence-electron chi connectivity index (χ3n) is 0. The van der Waals surface area contributed by atoms with E-state index in [2.05, 4.69) is 0 Å². The molecule has 0 saturated heterocycles. The maximum atomic E-state index is 8.36. The molecule has 0 aliphatic heterocycles. The van der Waals surface area contributed by atoms with Crippen LogP contribution in [0.5, 0.6) is 0 Å². The minimum absolute atomic E-state index is 0. The van der Waals surface area contributed by atoms with Gasteiger partial charge in [-0.2, -0.15) is 0 Å². The van der Waals surface area contributed by atoms with Gasteiger partial charge in [0.2, 0.25) is 0 Å². The van der Waals surface area contributed by atoms with Crippen molar-refractivity contribution in [2.75, 3.05) is 0 Å². The fourth-order valence-corrected chi connectivity index (χ4v) is 0. The van der Waals surface area contributed by atoms with Crippen LogP contribution >= 0.6 is 0 Å². The summed E-state index contributed by atoms with van der Waals surface area (Å²) in [7, 11) is 0. The predicted molar refractivity (Wildman–Crippen MR) is 18.6 cm³/mol. The normalized spacial score (nSPS) is 1.25. The summed E-state index contributed by atoms with van der Waals surface area (Å²) in [5.74, 6) is 0. The molecule has 0 aliphatic carbocycles. The molecule has 0 spiro atoms. The first-order chi connectivity index (χ1) is 2.00. The van der Waals surface area contributed by atoms with E-state index in [4.69, 9.17) is 5.86 Å². The average molecular weight is 659 g/mol. The average Bonchev–Trinajstić information content (AvgIpc) is 1.50. The zero-order chi connectivity index (χ0) is 4.00. The van der Waals surface area contributed by atoms with Gasteiger partial charge in [-0.3, -0.25) is 0 Å². The summed E-state index contributed by atoms with van der Waals surface area (Å²) >= 11 is 0.353. The second-order valence-electron chi connectivity index (χ2n) is 0. The Labute approximate surface area is 163 Å². The molecule has 0 aromatic heterocycles. The molecule has 1 N–H and O–H groups in total. The zero-order valence-electron chi connectivity index (χ0n) is 2.75. The van der Waals surface area contributed by atoms with E-state index in [0.29, 0.717) is 0 Å². The summed E-state index contributed by atoms with van der Waals surface area (Å²) in [5, 5.41) is 0. The molecule has 0 amide bonds. The van der Waals surface area contributed by atoms with Crippen molar-refractivity contribution in [3.05, 3.63) is 0 Å². The minimum atomic E-state index is 0. The van der Waals surface area contributed by atoms with E-state index in [0.717, 1.165) is 0 Å². The maximum absolute atomic E-state index is 8.36. The molecular weight excluding hydrogens is 655 g/mol. The Morgan fingerprint density at radius 2 is 1.25 bits per heavy atom. The van der Waals surface area contributed by atoms with Crippen molar-refractivity contribution < 1.29 is 101 Å². The van der Waals surface area contributed by atoms with Crippen LogP contribution in [0.15, 0.2) is 0 Å². The van der Waals surface area contributed by atoms with Crippen molar-refractivity contribution in [3.8, 4) is 0 Å². The first-order valence-electron chi connectivity index (χ1n) is 0.406. The van der Waals surface area contributed by atoms with Gasteiger partial charge in [0.05, 0.1) is 0 Å². The van der Waals surface area contributed by atoms with Crippen molar-refractivity contribution in [2.24, 2.45) is 0 Å². The molecule has 2 nitrogen and oxygen atoms in total. The Morgan fingerprint density at radius 3 is 1.25 bits per heavy atom. The van der Waals surface area contributed by atoms with Gasteiger partial charge in [-0.25, -0.2) is 0 Å². The molecule has 8 heteroatoms. The molecule has 0 unspecified atom stereocenters. The van der Waals surface area contributed by atoms with Gasteiger partial charge in [0.15, 0.2) is 0 Å². The fraction of sp³-hybridized carbons (Fsp3) is 0. The van der Waals surface area contributed by atoms with Crippen LogP contribution in [-0.2, 0) is 68.4 Å². The molecule has 0 saturated carbocycles. The summed E-state index contributed by atoms with van der Waals surface area (Å²) in [4.78, 5) is 0. The van der Waals surface area contributed by atoms with Crippen molar-refractivity contribution >= 4 is 67.3 Å². The summed E-state index contributed by atoms with van der Waals surface area (Å²) in [5.41, 5.74) is 0. The van der Waals surface area contributed by atoms with E-state index in [1.165, 1.54) is 0 Å². The Balaban J connectivity index is -0.00000000167. The number of rotatable bonds is 0. The van der Waals surface area contributed by atoms with Gasteiger partial charge in [-0.05, 0) is 0 Å². The van der Waals surface area contributed by atoms with E-state index in [-0.39, 0.29) is 162 Å². The number of hydrogen-bond donors (Lipinski definition) is 1. The largest absolute Gasteiger partial charge is 0 e. The van der Waals surface area contributed by atoms with Gasteiger partial charge in [0.1, 0.15) is 0 Å². The van der Waals surface area contributed by atoms with Crippen molar-refractivity contribution in [2.45, 2.75) is 0 Å². The molecule has 0 bridgehead atoms. The number of hydrogen-bond acceptors (Lipinski definition) is 2. The van der Waals surface area contributed by atoms with E-state index in [1.807, 2.05) is 0 Å². The van der Waals surface area contributed by atoms with Crippen LogP contribution in [0.4, 0.5) is 0 Å². The Hall–Kier alpha value is 5.27. The van der Waals surface area contributed by atoms with Crippen LogP contribution in [0.25, 0.3) is 0 Å². The van der Waals surface area contributed by atoms with Gasteiger partial charge < -0.3 is 0 Å². The van der Waals surface area contributed by atoms with Crippen LogP contribution in [0.1, 0.15) is 0 Å². The third-order valence-corrected chi connectivity index (χ3v) is 0. The Kier molecular flexibility index (Phi) is 265. The van der Waals surface area contributed by atoms with Crippen LogP contribution in [-0.4, -0.2) is 69.9 Å². The SMILES string of the molecule is [CaH2].[NaH].[Nb].[OH][U].[O]=[Ta].[Ti]. The molecule has 1 radical (unpaired) electrons. The molecule has 0 aliphatic rings. The van der Waals surface area contributed by atoms with Gasteiger partial charge >= 0.3 is 124 Å². The maximum Gasteiger partial charge on any atom is 0 e. The van der Waals surface area contributed by atoms with Gasteiger partial charge in [-0.15, -0.1) is 0 Å². The molecule has 0 rings (SSSR count). The molecule has 0 heterocycles. The quantitative estimate of drug-likeness (QED) is 0.299. The van der Waals surface area contributed by atoms with Crippen molar-refractivity contribution in [3.63, 3.8) is 0 Å². The molecule has 0 aromatic rings. The first kappa shape index (κ1) is 37.8. The molecule has 0 atom stereocenters. The Morgan fingerprint density at radius 1 is 1.25 bits per heavy atom. The van der Waals surface area contributed by atoms with E-state index in [1.54, 1.807) is 0 Å². The van der Waals surface area contributed by atoms with E-state index < -0.39 is 0 Å². The molecule has 0 aromatic carbocycles. The van der Waals surface area contributed by atoms with Crippen LogP contribution in [0, 0.1) is 29.9 Å². The van der Waals surface area contributed by atoms with Gasteiger partial charge in [0, 0.05) is 44.1 Å². The zero-order valence-corrected chi connectivity index (χ0v) is 13.9. The molecular formula is H4CaNaNbO2TaTiU. The van der Waals surface area contributed by atoms with Gasteiger partial charge in [-0.1, -0.05) is 0 Å². The van der Waals surface area contributed by atoms with E-state index in [9.17, 15) is 0 Å². The van der Waals surface area contributed by atoms with Gasteiger partial charge in [0.25, 0.3) is 0 Å². The summed E-state index contributed by atoms with van der Waals surface area (Å²) in [6.45, 7) is 0. The van der Waals surface area contributed by atoms with Crippen LogP contribution < -0.4 is 0 Å². The fourth-order valence-electron chi connectivity index (χ4n) is 0. The van der Waals surface area contributed by atoms with E-state index >= 15 is 0 Å². The minimum Gasteiger partial charge on any atom is 0 e. The topological polar surface area (TPSA) is 37.3 Å². The molecule has 37 valence electrons. The smallest absolute Gasteiger partial charge is 0 e. The summed E-state index contributed by atoms with van der Waals surface area (Å²) in [6.07, 6.45) is 0. The second kappa shape index (κ2) is 56.1. The van der Waals surface area contributed by atoms with Crippen LogP contribution in [0.2, 0.25) is 0 Å². The van der Waals surface area contributed by atoms with Crippen molar-refractivity contribution in [1.29, 1.82) is 0 Å². The molecule has 8 heavy (non-hydrogen) atoms. The Bertz CT molecular complexity index is 22.0. The monoisotopic (exact) mass is 659 g/mol. The standard InChI is InChI=1S/Ca.Na.Nb.H2O.O.Ta.Ti.U.3H/h;;;1H2;;;;;;;/q;;;;;;;+1;;;/p-1. The summed E-state index contributed by atoms with van der Waals surface area (Å²) in [6, 6.07) is 0. The third kappa shape index (κ3) is 42.8. The first-order valence-corrected chi connectivity index (χ1v) is 3.58.